The Morgan fingerprint density at radius 1 is 1.44 bits per heavy atom. The van der Waals surface area contributed by atoms with Gasteiger partial charge in [-0.05, 0) is 37.1 Å². The summed E-state index contributed by atoms with van der Waals surface area (Å²) in [6, 6.07) is 7.89. The second kappa shape index (κ2) is 4.37. The van der Waals surface area contributed by atoms with E-state index in [9.17, 15) is 4.79 Å². The standard InChI is InChI=1S/C14H16N2O2/c1-15-8-2-4-12(15)10-16(11-6-7-11)14(17)13-5-3-9-18-13/h2-5,8-9,11H,6-7,10H2,1H3. The van der Waals surface area contributed by atoms with Gasteiger partial charge in [-0.3, -0.25) is 4.79 Å². The van der Waals surface area contributed by atoms with Crippen molar-refractivity contribution in [3.63, 3.8) is 0 Å². The van der Waals surface area contributed by atoms with E-state index in [4.69, 9.17) is 4.42 Å². The first-order chi connectivity index (χ1) is 8.75. The summed E-state index contributed by atoms with van der Waals surface area (Å²) in [7, 11) is 2.00. The van der Waals surface area contributed by atoms with E-state index in [0.717, 1.165) is 18.5 Å². The first-order valence-electron chi connectivity index (χ1n) is 6.20. The molecule has 0 bridgehead atoms. The third-order valence-electron chi connectivity index (χ3n) is 3.36. The predicted octanol–water partition coefficient (Wildman–Crippen LogP) is 2.42. The number of amides is 1. The van der Waals surface area contributed by atoms with Crippen LogP contribution in [0.15, 0.2) is 41.1 Å². The van der Waals surface area contributed by atoms with Crippen LogP contribution in [0.4, 0.5) is 0 Å². The molecule has 2 aromatic rings. The molecule has 2 aromatic heterocycles. The van der Waals surface area contributed by atoms with Gasteiger partial charge in [-0.25, -0.2) is 0 Å². The Kier molecular flexibility index (Phi) is 2.70. The van der Waals surface area contributed by atoms with Gasteiger partial charge in [0.05, 0.1) is 12.8 Å². The highest BCUT2D eigenvalue weighted by molar-refractivity contribution is 5.91. The maximum atomic E-state index is 12.3. The molecule has 0 N–H and O–H groups in total. The third-order valence-corrected chi connectivity index (χ3v) is 3.36. The molecule has 4 nitrogen and oxygen atoms in total. The van der Waals surface area contributed by atoms with Crippen LogP contribution in [-0.4, -0.2) is 21.4 Å². The number of aromatic nitrogens is 1. The zero-order valence-corrected chi connectivity index (χ0v) is 10.4. The van der Waals surface area contributed by atoms with Gasteiger partial charge in [0.25, 0.3) is 5.91 Å². The fraction of sp³-hybridized carbons (Fsp3) is 0.357. The number of carbonyl (C=O) groups excluding carboxylic acids is 1. The largest absolute Gasteiger partial charge is 0.459 e. The third kappa shape index (κ3) is 2.06. The normalized spacial score (nSPS) is 14.7. The van der Waals surface area contributed by atoms with Crippen molar-refractivity contribution >= 4 is 5.91 Å². The lowest BCUT2D eigenvalue weighted by Crippen LogP contribution is -2.33. The lowest BCUT2D eigenvalue weighted by atomic mass is 10.3. The molecular formula is C14H16N2O2. The quantitative estimate of drug-likeness (QED) is 0.828. The van der Waals surface area contributed by atoms with E-state index in [-0.39, 0.29) is 5.91 Å². The molecule has 0 unspecified atom stereocenters. The fourth-order valence-electron chi connectivity index (χ4n) is 2.13. The average Bonchev–Trinajstić information content (AvgIpc) is 2.90. The van der Waals surface area contributed by atoms with Crippen LogP contribution in [0.1, 0.15) is 29.1 Å². The van der Waals surface area contributed by atoms with Crippen LogP contribution >= 0.6 is 0 Å². The molecule has 3 rings (SSSR count). The van der Waals surface area contributed by atoms with Crippen molar-refractivity contribution in [1.29, 1.82) is 0 Å². The highest BCUT2D eigenvalue weighted by Crippen LogP contribution is 2.29. The maximum absolute atomic E-state index is 12.3. The van der Waals surface area contributed by atoms with Crippen LogP contribution in [0, 0.1) is 0 Å². The maximum Gasteiger partial charge on any atom is 0.290 e. The molecule has 0 aromatic carbocycles. The lowest BCUT2D eigenvalue weighted by Gasteiger charge is -2.21. The van der Waals surface area contributed by atoms with Gasteiger partial charge in [0.1, 0.15) is 0 Å². The van der Waals surface area contributed by atoms with Crippen molar-refractivity contribution in [3.8, 4) is 0 Å². The second-order valence-electron chi connectivity index (χ2n) is 4.75. The highest BCUT2D eigenvalue weighted by Gasteiger charge is 2.34. The van der Waals surface area contributed by atoms with Gasteiger partial charge >= 0.3 is 0 Å². The number of hydrogen-bond donors (Lipinski definition) is 0. The first-order valence-corrected chi connectivity index (χ1v) is 6.20. The molecule has 2 heterocycles. The van der Waals surface area contributed by atoms with Crippen molar-refractivity contribution in [2.45, 2.75) is 25.4 Å². The molecule has 18 heavy (non-hydrogen) atoms. The predicted molar refractivity (Wildman–Crippen MR) is 67.0 cm³/mol. The van der Waals surface area contributed by atoms with E-state index in [1.54, 1.807) is 18.4 Å². The van der Waals surface area contributed by atoms with Crippen LogP contribution in [0.5, 0.6) is 0 Å². The number of furan rings is 1. The summed E-state index contributed by atoms with van der Waals surface area (Å²) in [6.07, 6.45) is 5.73. The minimum absolute atomic E-state index is 0.0105. The number of nitrogens with zero attached hydrogens (tertiary/aromatic N) is 2. The Balaban J connectivity index is 1.81. The van der Waals surface area contributed by atoms with E-state index < -0.39 is 0 Å². The van der Waals surface area contributed by atoms with Crippen molar-refractivity contribution in [2.24, 2.45) is 7.05 Å². The molecule has 1 aliphatic carbocycles. The summed E-state index contributed by atoms with van der Waals surface area (Å²) in [5.74, 6) is 0.416. The van der Waals surface area contributed by atoms with E-state index in [1.807, 2.05) is 34.8 Å². The lowest BCUT2D eigenvalue weighted by molar-refractivity contribution is 0.0694. The zero-order chi connectivity index (χ0) is 12.5. The number of hydrogen-bond acceptors (Lipinski definition) is 2. The van der Waals surface area contributed by atoms with Crippen LogP contribution in [0.3, 0.4) is 0 Å². The smallest absolute Gasteiger partial charge is 0.290 e. The monoisotopic (exact) mass is 244 g/mol. The molecule has 1 fully saturated rings. The molecule has 1 saturated carbocycles. The summed E-state index contributed by atoms with van der Waals surface area (Å²) in [6.45, 7) is 0.647. The molecule has 1 aliphatic rings. The number of rotatable bonds is 4. The van der Waals surface area contributed by atoms with Crippen molar-refractivity contribution in [1.82, 2.24) is 9.47 Å². The average molecular weight is 244 g/mol. The molecule has 0 atom stereocenters. The van der Waals surface area contributed by atoms with Crippen molar-refractivity contribution in [2.75, 3.05) is 0 Å². The fourth-order valence-corrected chi connectivity index (χ4v) is 2.13. The summed E-state index contributed by atoms with van der Waals surface area (Å²) in [5.41, 5.74) is 1.14. The van der Waals surface area contributed by atoms with Gasteiger partial charge in [-0.1, -0.05) is 0 Å². The van der Waals surface area contributed by atoms with Crippen molar-refractivity contribution in [3.05, 3.63) is 48.2 Å². The summed E-state index contributed by atoms with van der Waals surface area (Å²) < 4.78 is 7.25. The Bertz CT molecular complexity index is 538. The topological polar surface area (TPSA) is 38.4 Å². The molecular weight excluding hydrogens is 228 g/mol. The van der Waals surface area contributed by atoms with E-state index in [2.05, 4.69) is 0 Å². The summed E-state index contributed by atoms with van der Waals surface area (Å²) >= 11 is 0. The van der Waals surface area contributed by atoms with Crippen LogP contribution in [-0.2, 0) is 13.6 Å². The van der Waals surface area contributed by atoms with Crippen LogP contribution < -0.4 is 0 Å². The molecule has 94 valence electrons. The second-order valence-corrected chi connectivity index (χ2v) is 4.75. The molecule has 4 heteroatoms. The van der Waals surface area contributed by atoms with E-state index in [1.165, 1.54) is 0 Å². The number of carbonyl (C=O) groups is 1. The van der Waals surface area contributed by atoms with Crippen LogP contribution in [0.25, 0.3) is 0 Å². The Labute approximate surface area is 106 Å². The SMILES string of the molecule is Cn1cccc1CN(C(=O)c1ccco1)C1CC1. The van der Waals surface area contributed by atoms with Gasteiger partial charge in [0.15, 0.2) is 5.76 Å². The highest BCUT2D eigenvalue weighted by atomic mass is 16.3. The Morgan fingerprint density at radius 3 is 2.83 bits per heavy atom. The first kappa shape index (κ1) is 11.1. The number of aryl methyl sites for hydroxylation is 1. The Morgan fingerprint density at radius 2 is 2.28 bits per heavy atom. The van der Waals surface area contributed by atoms with E-state index in [0.29, 0.717) is 18.3 Å². The molecule has 1 amide bonds. The molecule has 0 saturated heterocycles. The van der Waals surface area contributed by atoms with E-state index >= 15 is 0 Å². The minimum Gasteiger partial charge on any atom is -0.459 e. The van der Waals surface area contributed by atoms with Crippen LogP contribution in [0.2, 0.25) is 0 Å². The minimum atomic E-state index is -0.0105. The molecule has 0 spiro atoms. The van der Waals surface area contributed by atoms with Gasteiger partial charge in [-0.15, -0.1) is 0 Å². The van der Waals surface area contributed by atoms with Gasteiger partial charge in [0.2, 0.25) is 0 Å². The van der Waals surface area contributed by atoms with Gasteiger partial charge < -0.3 is 13.9 Å². The van der Waals surface area contributed by atoms with Gasteiger partial charge in [-0.2, -0.15) is 0 Å². The van der Waals surface area contributed by atoms with Crippen molar-refractivity contribution < 1.29 is 9.21 Å². The van der Waals surface area contributed by atoms with Gasteiger partial charge in [0, 0.05) is 25.0 Å². The zero-order valence-electron chi connectivity index (χ0n) is 10.4. The summed E-state index contributed by atoms with van der Waals surface area (Å²) in [4.78, 5) is 14.3. The summed E-state index contributed by atoms with van der Waals surface area (Å²) in [5, 5.41) is 0. The molecule has 0 aliphatic heterocycles. The Hall–Kier alpha value is -1.97. The molecule has 0 radical (unpaired) electrons.